The molecule has 0 radical (unpaired) electrons. The average Bonchev–Trinajstić information content (AvgIpc) is 2.39. The molecule has 1 aliphatic carbocycles. The molecule has 0 N–H and O–H groups in total. The largest absolute Gasteiger partial charge is 0.444 e. The summed E-state index contributed by atoms with van der Waals surface area (Å²) < 4.78 is 11.5. The van der Waals surface area contributed by atoms with E-state index in [2.05, 4.69) is 0 Å². The standard InChI is InChI=1S/C18H31NO4/c1-13(20)5-6-14-11-16(12-14)22-15-7-9-19(10-8-15)17(21)23-18(2,3)4/h14-16H,5-12H2,1-4H3. The number of ether oxygens (including phenoxy) is 2. The fourth-order valence-electron chi connectivity index (χ4n) is 3.20. The third-order valence-electron chi connectivity index (χ3n) is 4.58. The molecule has 0 bridgehead atoms. The zero-order chi connectivity index (χ0) is 17.0. The highest BCUT2D eigenvalue weighted by molar-refractivity contribution is 5.75. The van der Waals surface area contributed by atoms with Gasteiger partial charge in [0.15, 0.2) is 0 Å². The molecular weight excluding hydrogens is 294 g/mol. The summed E-state index contributed by atoms with van der Waals surface area (Å²) in [6.07, 6.45) is 6.03. The van der Waals surface area contributed by atoms with E-state index >= 15 is 0 Å². The minimum atomic E-state index is -0.439. The molecule has 0 atom stereocenters. The highest BCUT2D eigenvalue weighted by atomic mass is 16.6. The number of amides is 1. The van der Waals surface area contributed by atoms with Gasteiger partial charge in [-0.05, 0) is 65.7 Å². The maximum absolute atomic E-state index is 12.0. The van der Waals surface area contributed by atoms with Gasteiger partial charge in [0.25, 0.3) is 0 Å². The van der Waals surface area contributed by atoms with Gasteiger partial charge in [-0.3, -0.25) is 0 Å². The summed E-state index contributed by atoms with van der Waals surface area (Å²) in [6.45, 7) is 8.74. The van der Waals surface area contributed by atoms with Crippen LogP contribution in [0.1, 0.15) is 66.2 Å². The molecule has 5 heteroatoms. The molecule has 2 fully saturated rings. The lowest BCUT2D eigenvalue weighted by Gasteiger charge is -2.40. The van der Waals surface area contributed by atoms with Crippen molar-refractivity contribution in [3.8, 4) is 0 Å². The molecule has 0 aromatic rings. The molecule has 23 heavy (non-hydrogen) atoms. The second-order valence-electron chi connectivity index (χ2n) is 8.00. The Balaban J connectivity index is 1.61. The Morgan fingerprint density at radius 1 is 1.09 bits per heavy atom. The monoisotopic (exact) mass is 325 g/mol. The topological polar surface area (TPSA) is 55.8 Å². The van der Waals surface area contributed by atoms with Crippen LogP contribution in [0.25, 0.3) is 0 Å². The van der Waals surface area contributed by atoms with Crippen LogP contribution in [-0.2, 0) is 14.3 Å². The van der Waals surface area contributed by atoms with E-state index in [1.54, 1.807) is 11.8 Å². The van der Waals surface area contributed by atoms with Gasteiger partial charge >= 0.3 is 6.09 Å². The quantitative estimate of drug-likeness (QED) is 0.775. The highest BCUT2D eigenvalue weighted by Gasteiger charge is 2.33. The fourth-order valence-corrected chi connectivity index (χ4v) is 3.20. The van der Waals surface area contributed by atoms with E-state index in [1.165, 1.54) is 0 Å². The first kappa shape index (κ1) is 18.2. The van der Waals surface area contributed by atoms with Crippen LogP contribution in [-0.4, -0.2) is 47.7 Å². The molecule has 0 spiro atoms. The van der Waals surface area contributed by atoms with Gasteiger partial charge < -0.3 is 19.2 Å². The molecule has 1 saturated heterocycles. The molecule has 1 aliphatic heterocycles. The van der Waals surface area contributed by atoms with Crippen molar-refractivity contribution in [1.29, 1.82) is 0 Å². The summed E-state index contributed by atoms with van der Waals surface area (Å²) >= 11 is 0. The first-order valence-corrected chi connectivity index (χ1v) is 8.86. The lowest BCUT2D eigenvalue weighted by Crippen LogP contribution is -2.45. The Kier molecular flexibility index (Phi) is 6.06. The van der Waals surface area contributed by atoms with Gasteiger partial charge in [-0.2, -0.15) is 0 Å². The number of hydrogen-bond acceptors (Lipinski definition) is 4. The lowest BCUT2D eigenvalue weighted by molar-refractivity contribution is -0.119. The van der Waals surface area contributed by atoms with Gasteiger partial charge in [0, 0.05) is 19.5 Å². The normalized spacial score (nSPS) is 25.8. The summed E-state index contributed by atoms with van der Waals surface area (Å²) in [5.74, 6) is 0.939. The summed E-state index contributed by atoms with van der Waals surface area (Å²) in [7, 11) is 0. The molecule has 5 nitrogen and oxygen atoms in total. The van der Waals surface area contributed by atoms with E-state index in [4.69, 9.17) is 9.47 Å². The Morgan fingerprint density at radius 2 is 1.70 bits per heavy atom. The van der Waals surface area contributed by atoms with Crippen molar-refractivity contribution < 1.29 is 19.1 Å². The van der Waals surface area contributed by atoms with Gasteiger partial charge in [-0.1, -0.05) is 0 Å². The first-order chi connectivity index (χ1) is 10.7. The van der Waals surface area contributed by atoms with Crippen molar-refractivity contribution in [2.45, 2.75) is 84.0 Å². The van der Waals surface area contributed by atoms with Crippen LogP contribution < -0.4 is 0 Å². The van der Waals surface area contributed by atoms with Crippen molar-refractivity contribution in [2.75, 3.05) is 13.1 Å². The van der Waals surface area contributed by atoms with Gasteiger partial charge in [-0.25, -0.2) is 4.79 Å². The first-order valence-electron chi connectivity index (χ1n) is 8.86. The number of likely N-dealkylation sites (tertiary alicyclic amines) is 1. The Hall–Kier alpha value is -1.10. The second-order valence-corrected chi connectivity index (χ2v) is 8.00. The van der Waals surface area contributed by atoms with Crippen molar-refractivity contribution in [2.24, 2.45) is 5.92 Å². The second kappa shape index (κ2) is 7.65. The lowest BCUT2D eigenvalue weighted by atomic mass is 9.79. The molecule has 132 valence electrons. The van der Waals surface area contributed by atoms with Crippen LogP contribution >= 0.6 is 0 Å². The number of hydrogen-bond donors (Lipinski definition) is 0. The fraction of sp³-hybridized carbons (Fsp3) is 0.889. The van der Waals surface area contributed by atoms with Crippen molar-refractivity contribution in [1.82, 2.24) is 4.90 Å². The van der Waals surface area contributed by atoms with E-state index in [0.29, 0.717) is 31.5 Å². The maximum Gasteiger partial charge on any atom is 0.410 e. The number of Topliss-reactive ketones (excluding diaryl/α,β-unsaturated/α-hetero) is 1. The van der Waals surface area contributed by atoms with E-state index < -0.39 is 5.60 Å². The smallest absolute Gasteiger partial charge is 0.410 e. The number of carbonyl (C=O) groups excluding carboxylic acids is 2. The van der Waals surface area contributed by atoms with Crippen molar-refractivity contribution in [3.05, 3.63) is 0 Å². The molecule has 2 aliphatic rings. The molecule has 1 heterocycles. The number of piperidine rings is 1. The Bertz CT molecular complexity index is 415. The predicted octanol–water partition coefficient (Wildman–Crippen LogP) is 3.55. The van der Waals surface area contributed by atoms with Crippen LogP contribution in [0.2, 0.25) is 0 Å². The predicted molar refractivity (Wildman–Crippen MR) is 88.3 cm³/mol. The van der Waals surface area contributed by atoms with Gasteiger partial charge in [0.2, 0.25) is 0 Å². The number of ketones is 1. The summed E-state index contributed by atoms with van der Waals surface area (Å²) in [4.78, 5) is 24.8. The number of rotatable bonds is 5. The number of carbonyl (C=O) groups is 2. The SMILES string of the molecule is CC(=O)CCC1CC(OC2CCN(C(=O)OC(C)(C)C)CC2)C1. The Morgan fingerprint density at radius 3 is 2.22 bits per heavy atom. The van der Waals surface area contributed by atoms with Crippen molar-refractivity contribution in [3.63, 3.8) is 0 Å². The zero-order valence-corrected chi connectivity index (χ0v) is 15.0. The average molecular weight is 325 g/mol. The van der Waals surface area contributed by atoms with Crippen molar-refractivity contribution >= 4 is 11.9 Å². The van der Waals surface area contributed by atoms with Crippen LogP contribution in [0.15, 0.2) is 0 Å². The van der Waals surface area contributed by atoms with Gasteiger partial charge in [0.05, 0.1) is 12.2 Å². The van der Waals surface area contributed by atoms with Crippen LogP contribution in [0.5, 0.6) is 0 Å². The summed E-state index contributed by atoms with van der Waals surface area (Å²) in [6, 6.07) is 0. The van der Waals surface area contributed by atoms with Gasteiger partial charge in [0.1, 0.15) is 11.4 Å². The van der Waals surface area contributed by atoms with E-state index in [0.717, 1.165) is 32.1 Å². The zero-order valence-electron chi connectivity index (χ0n) is 15.0. The summed E-state index contributed by atoms with van der Waals surface area (Å²) in [5, 5.41) is 0. The van der Waals surface area contributed by atoms with E-state index in [1.807, 2.05) is 20.8 Å². The molecule has 0 aromatic carbocycles. The van der Waals surface area contributed by atoms with Crippen LogP contribution in [0.4, 0.5) is 4.79 Å². The third-order valence-corrected chi connectivity index (χ3v) is 4.58. The molecule has 0 aromatic heterocycles. The molecular formula is C18H31NO4. The minimum Gasteiger partial charge on any atom is -0.444 e. The number of nitrogens with zero attached hydrogens (tertiary/aromatic N) is 1. The summed E-state index contributed by atoms with van der Waals surface area (Å²) in [5.41, 5.74) is -0.439. The van der Waals surface area contributed by atoms with E-state index in [9.17, 15) is 9.59 Å². The third kappa shape index (κ3) is 6.13. The molecule has 1 amide bonds. The maximum atomic E-state index is 12.0. The highest BCUT2D eigenvalue weighted by Crippen LogP contribution is 2.35. The van der Waals surface area contributed by atoms with E-state index in [-0.39, 0.29) is 18.0 Å². The van der Waals surface area contributed by atoms with Crippen LogP contribution in [0, 0.1) is 5.92 Å². The van der Waals surface area contributed by atoms with Gasteiger partial charge in [-0.15, -0.1) is 0 Å². The van der Waals surface area contributed by atoms with Crippen LogP contribution in [0.3, 0.4) is 0 Å². The Labute approximate surface area is 139 Å². The molecule has 1 saturated carbocycles. The molecule has 2 rings (SSSR count). The minimum absolute atomic E-state index is 0.219. The molecule has 0 unspecified atom stereocenters.